The molecule has 0 aromatic carbocycles. The molecule has 0 unspecified atom stereocenters. The Morgan fingerprint density at radius 2 is 1.72 bits per heavy atom. The summed E-state index contributed by atoms with van der Waals surface area (Å²) in [6, 6.07) is 0. The van der Waals surface area contributed by atoms with E-state index in [-0.39, 0.29) is 17.7 Å². The summed E-state index contributed by atoms with van der Waals surface area (Å²) in [7, 11) is 0. The zero-order valence-corrected chi connectivity index (χ0v) is 10.3. The minimum atomic E-state index is -0.159. The molecule has 0 spiro atoms. The molecule has 7 heteroatoms. The molecule has 98 valence electrons. The standard InChI is InChI=1S/C11H16N4O3/c1-8(16)14-4-6-15(7-5-14)11(18)9-2-3-10(17)13-12-9/h2-7H2,1H3,(H,13,17). The highest BCUT2D eigenvalue weighted by atomic mass is 16.2. The van der Waals surface area contributed by atoms with Gasteiger partial charge in [0.2, 0.25) is 11.8 Å². The second kappa shape index (κ2) is 5.16. The fourth-order valence-electron chi connectivity index (χ4n) is 2.04. The summed E-state index contributed by atoms with van der Waals surface area (Å²) in [5.74, 6) is -0.268. The number of hydrogen-bond acceptors (Lipinski definition) is 4. The highest BCUT2D eigenvalue weighted by Crippen LogP contribution is 2.07. The number of hydrazone groups is 1. The normalized spacial score (nSPS) is 20.3. The van der Waals surface area contributed by atoms with Crippen LogP contribution in [0.1, 0.15) is 19.8 Å². The molecule has 2 aliphatic rings. The van der Waals surface area contributed by atoms with Gasteiger partial charge in [0.05, 0.1) is 0 Å². The van der Waals surface area contributed by atoms with Crippen LogP contribution in [0.15, 0.2) is 5.10 Å². The van der Waals surface area contributed by atoms with Crippen molar-refractivity contribution < 1.29 is 14.4 Å². The van der Waals surface area contributed by atoms with Crippen molar-refractivity contribution in [2.45, 2.75) is 19.8 Å². The summed E-state index contributed by atoms with van der Waals surface area (Å²) >= 11 is 0. The van der Waals surface area contributed by atoms with Crippen molar-refractivity contribution in [2.24, 2.45) is 5.10 Å². The summed E-state index contributed by atoms with van der Waals surface area (Å²) in [6.07, 6.45) is 0.690. The molecule has 1 saturated heterocycles. The van der Waals surface area contributed by atoms with Crippen LogP contribution in [0.5, 0.6) is 0 Å². The lowest BCUT2D eigenvalue weighted by Gasteiger charge is -2.34. The maximum absolute atomic E-state index is 12.1. The maximum Gasteiger partial charge on any atom is 0.270 e. The van der Waals surface area contributed by atoms with Gasteiger partial charge in [-0.15, -0.1) is 0 Å². The number of nitrogens with zero attached hydrogens (tertiary/aromatic N) is 3. The van der Waals surface area contributed by atoms with Crippen molar-refractivity contribution in [1.29, 1.82) is 0 Å². The molecule has 0 aromatic rings. The van der Waals surface area contributed by atoms with Crippen LogP contribution in [0.3, 0.4) is 0 Å². The van der Waals surface area contributed by atoms with Crippen LogP contribution in [0.2, 0.25) is 0 Å². The third-order valence-electron chi connectivity index (χ3n) is 3.16. The second-order valence-corrected chi connectivity index (χ2v) is 4.39. The summed E-state index contributed by atoms with van der Waals surface area (Å²) in [5, 5.41) is 3.79. The van der Waals surface area contributed by atoms with Crippen LogP contribution < -0.4 is 5.43 Å². The molecule has 0 aliphatic carbocycles. The Morgan fingerprint density at radius 1 is 1.11 bits per heavy atom. The van der Waals surface area contributed by atoms with E-state index in [9.17, 15) is 14.4 Å². The highest BCUT2D eigenvalue weighted by molar-refractivity contribution is 6.39. The lowest BCUT2D eigenvalue weighted by Crippen LogP contribution is -2.52. The Morgan fingerprint density at radius 3 is 2.22 bits per heavy atom. The van der Waals surface area contributed by atoms with E-state index in [0.717, 1.165) is 0 Å². The Balaban J connectivity index is 1.92. The molecule has 1 fully saturated rings. The van der Waals surface area contributed by atoms with E-state index in [1.165, 1.54) is 6.92 Å². The molecule has 0 atom stereocenters. The molecular weight excluding hydrogens is 236 g/mol. The lowest BCUT2D eigenvalue weighted by molar-refractivity contribution is -0.135. The van der Waals surface area contributed by atoms with Gasteiger partial charge in [0.15, 0.2) is 0 Å². The van der Waals surface area contributed by atoms with E-state index >= 15 is 0 Å². The van der Waals surface area contributed by atoms with Gasteiger partial charge in [-0.25, -0.2) is 5.43 Å². The van der Waals surface area contributed by atoms with Crippen LogP contribution in [-0.4, -0.2) is 59.4 Å². The van der Waals surface area contributed by atoms with Gasteiger partial charge in [0.25, 0.3) is 5.91 Å². The summed E-state index contributed by atoms with van der Waals surface area (Å²) in [4.78, 5) is 37.6. The number of carbonyl (C=O) groups excluding carboxylic acids is 3. The molecule has 0 aromatic heterocycles. The minimum absolute atomic E-state index is 0.0318. The van der Waals surface area contributed by atoms with Crippen LogP contribution in [0.25, 0.3) is 0 Å². The van der Waals surface area contributed by atoms with Crippen LogP contribution in [0, 0.1) is 0 Å². The van der Waals surface area contributed by atoms with E-state index in [4.69, 9.17) is 0 Å². The van der Waals surface area contributed by atoms with Crippen molar-refractivity contribution in [3.63, 3.8) is 0 Å². The predicted octanol–water partition coefficient (Wildman–Crippen LogP) is -1.06. The van der Waals surface area contributed by atoms with E-state index in [1.807, 2.05) is 0 Å². The number of hydrogen-bond donors (Lipinski definition) is 1. The van der Waals surface area contributed by atoms with Crippen LogP contribution >= 0.6 is 0 Å². The van der Waals surface area contributed by atoms with E-state index in [0.29, 0.717) is 44.7 Å². The van der Waals surface area contributed by atoms with Gasteiger partial charge in [-0.3, -0.25) is 14.4 Å². The first-order valence-corrected chi connectivity index (χ1v) is 5.98. The second-order valence-electron chi connectivity index (χ2n) is 4.39. The van der Waals surface area contributed by atoms with Gasteiger partial charge in [0, 0.05) is 45.9 Å². The molecule has 0 bridgehead atoms. The van der Waals surface area contributed by atoms with Gasteiger partial charge in [-0.05, 0) is 0 Å². The minimum Gasteiger partial charge on any atom is -0.339 e. The van der Waals surface area contributed by atoms with Gasteiger partial charge in [-0.2, -0.15) is 5.10 Å². The third-order valence-corrected chi connectivity index (χ3v) is 3.16. The number of rotatable bonds is 1. The van der Waals surface area contributed by atoms with Crippen LogP contribution in [0.4, 0.5) is 0 Å². The van der Waals surface area contributed by atoms with Crippen molar-refractivity contribution in [3.8, 4) is 0 Å². The van der Waals surface area contributed by atoms with Gasteiger partial charge in [0.1, 0.15) is 5.71 Å². The van der Waals surface area contributed by atoms with Crippen molar-refractivity contribution in [3.05, 3.63) is 0 Å². The Labute approximate surface area is 105 Å². The maximum atomic E-state index is 12.1. The number of carbonyl (C=O) groups is 3. The van der Waals surface area contributed by atoms with Gasteiger partial charge in [-0.1, -0.05) is 0 Å². The zero-order valence-electron chi connectivity index (χ0n) is 10.3. The Kier molecular flexibility index (Phi) is 3.59. The van der Waals surface area contributed by atoms with E-state index in [1.54, 1.807) is 9.80 Å². The molecule has 0 saturated carbocycles. The summed E-state index contributed by atoms with van der Waals surface area (Å²) < 4.78 is 0. The van der Waals surface area contributed by atoms with Crippen molar-refractivity contribution in [2.75, 3.05) is 26.2 Å². The molecule has 3 amide bonds. The predicted molar refractivity (Wildman–Crippen MR) is 63.6 cm³/mol. The number of piperazine rings is 1. The average molecular weight is 252 g/mol. The molecular formula is C11H16N4O3. The first-order valence-electron chi connectivity index (χ1n) is 5.98. The van der Waals surface area contributed by atoms with Crippen LogP contribution in [-0.2, 0) is 14.4 Å². The monoisotopic (exact) mass is 252 g/mol. The van der Waals surface area contributed by atoms with Crippen molar-refractivity contribution in [1.82, 2.24) is 15.2 Å². The quantitative estimate of drug-likeness (QED) is 0.646. The topological polar surface area (TPSA) is 82.1 Å². The fourth-order valence-corrected chi connectivity index (χ4v) is 2.04. The molecule has 2 heterocycles. The molecule has 2 aliphatic heterocycles. The number of amides is 3. The largest absolute Gasteiger partial charge is 0.339 e. The summed E-state index contributed by atoms with van der Waals surface area (Å²) in [6.45, 7) is 3.68. The Hall–Kier alpha value is -1.92. The highest BCUT2D eigenvalue weighted by Gasteiger charge is 2.27. The number of nitrogens with one attached hydrogen (secondary N) is 1. The Bertz CT molecular complexity index is 411. The fraction of sp³-hybridized carbons (Fsp3) is 0.636. The first-order chi connectivity index (χ1) is 8.58. The lowest BCUT2D eigenvalue weighted by atomic mass is 10.1. The molecule has 1 N–H and O–H groups in total. The summed E-state index contributed by atoms with van der Waals surface area (Å²) in [5.41, 5.74) is 2.71. The van der Waals surface area contributed by atoms with Gasteiger partial charge >= 0.3 is 0 Å². The average Bonchev–Trinajstić information content (AvgIpc) is 2.39. The molecule has 18 heavy (non-hydrogen) atoms. The molecule has 7 nitrogen and oxygen atoms in total. The molecule has 2 rings (SSSR count). The van der Waals surface area contributed by atoms with E-state index in [2.05, 4.69) is 10.5 Å². The van der Waals surface area contributed by atoms with E-state index < -0.39 is 0 Å². The molecule has 0 radical (unpaired) electrons. The van der Waals surface area contributed by atoms with Crippen molar-refractivity contribution >= 4 is 23.4 Å². The first kappa shape index (κ1) is 12.5. The smallest absolute Gasteiger partial charge is 0.270 e. The zero-order chi connectivity index (χ0) is 13.1. The SMILES string of the molecule is CC(=O)N1CCN(C(=O)C2=NNC(=O)CC2)CC1. The van der Waals surface area contributed by atoms with Gasteiger partial charge < -0.3 is 9.80 Å². The third kappa shape index (κ3) is 2.66.